The van der Waals surface area contributed by atoms with Crippen molar-refractivity contribution in [2.45, 2.75) is 24.4 Å². The Morgan fingerprint density at radius 1 is 1.30 bits per heavy atom. The molecule has 9 heteroatoms. The van der Waals surface area contributed by atoms with Gasteiger partial charge in [-0.2, -0.15) is 0 Å². The number of carbonyl (C=O) groups is 1. The number of aliphatic hydroxyl groups is 2. The first kappa shape index (κ1) is 20.3. The van der Waals surface area contributed by atoms with E-state index in [0.717, 1.165) is 26.2 Å². The van der Waals surface area contributed by atoms with E-state index in [9.17, 15) is 15.0 Å². The Labute approximate surface area is 164 Å². The third kappa shape index (κ3) is 5.10. The third-order valence-corrected chi connectivity index (χ3v) is 5.38. The van der Waals surface area contributed by atoms with Crippen LogP contribution in [0.5, 0.6) is 0 Å². The molecule has 3 rings (SSSR count). The van der Waals surface area contributed by atoms with Crippen LogP contribution in [0, 0.1) is 0 Å². The summed E-state index contributed by atoms with van der Waals surface area (Å²) in [6.07, 6.45) is -1.83. The third-order valence-electron chi connectivity index (χ3n) is 5.15. The molecule has 2 saturated heterocycles. The molecule has 0 aliphatic carbocycles. The molecule has 8 nitrogen and oxygen atoms in total. The highest BCUT2D eigenvalue weighted by Crippen LogP contribution is 2.26. The summed E-state index contributed by atoms with van der Waals surface area (Å²) in [5.41, 5.74) is 0.594. The smallest absolute Gasteiger partial charge is 0.319 e. The van der Waals surface area contributed by atoms with Crippen LogP contribution in [0.25, 0.3) is 0 Å². The minimum absolute atomic E-state index is 0.233. The van der Waals surface area contributed by atoms with Gasteiger partial charge in [0.05, 0.1) is 18.8 Å². The number of amides is 2. The van der Waals surface area contributed by atoms with E-state index in [1.807, 2.05) is 0 Å². The number of ether oxygens (including phenoxy) is 1. The monoisotopic (exact) mass is 398 g/mol. The van der Waals surface area contributed by atoms with Gasteiger partial charge in [-0.05, 0) is 25.2 Å². The number of nitrogens with zero attached hydrogens (tertiary/aromatic N) is 2. The van der Waals surface area contributed by atoms with Gasteiger partial charge in [-0.15, -0.1) is 0 Å². The first-order chi connectivity index (χ1) is 13.0. The van der Waals surface area contributed by atoms with Gasteiger partial charge in [0.1, 0.15) is 12.2 Å². The van der Waals surface area contributed by atoms with E-state index < -0.39 is 18.3 Å². The molecule has 0 bridgehead atoms. The highest BCUT2D eigenvalue weighted by Gasteiger charge is 2.46. The molecule has 0 radical (unpaired) electrons. The molecule has 2 aliphatic heterocycles. The number of nitrogens with one attached hydrogen (secondary N) is 2. The van der Waals surface area contributed by atoms with E-state index in [2.05, 4.69) is 27.5 Å². The normalized spacial score (nSPS) is 29.6. The Bertz CT molecular complexity index is 642. The van der Waals surface area contributed by atoms with Crippen LogP contribution < -0.4 is 10.6 Å². The van der Waals surface area contributed by atoms with E-state index in [1.165, 1.54) is 0 Å². The number of anilines is 1. The van der Waals surface area contributed by atoms with E-state index in [4.69, 9.17) is 16.3 Å². The first-order valence-corrected chi connectivity index (χ1v) is 9.53. The molecule has 0 unspecified atom stereocenters. The summed E-state index contributed by atoms with van der Waals surface area (Å²) in [5, 5.41) is 26.1. The minimum atomic E-state index is -0.791. The van der Waals surface area contributed by atoms with Crippen LogP contribution in [-0.4, -0.2) is 96.8 Å². The Hall–Kier alpha value is -1.42. The molecule has 0 saturated carbocycles. The van der Waals surface area contributed by atoms with Crippen molar-refractivity contribution >= 4 is 23.3 Å². The van der Waals surface area contributed by atoms with Gasteiger partial charge in [0.2, 0.25) is 0 Å². The summed E-state index contributed by atoms with van der Waals surface area (Å²) in [6.45, 7) is 3.41. The summed E-state index contributed by atoms with van der Waals surface area (Å²) in [4.78, 5) is 16.6. The van der Waals surface area contributed by atoms with Crippen LogP contribution in [0.1, 0.15) is 0 Å². The first-order valence-electron chi connectivity index (χ1n) is 9.15. The van der Waals surface area contributed by atoms with E-state index in [-0.39, 0.29) is 25.2 Å². The van der Waals surface area contributed by atoms with Gasteiger partial charge in [-0.3, -0.25) is 4.90 Å². The number of urea groups is 1. The Morgan fingerprint density at radius 3 is 2.70 bits per heavy atom. The van der Waals surface area contributed by atoms with Crippen molar-refractivity contribution in [3.8, 4) is 0 Å². The molecule has 2 fully saturated rings. The van der Waals surface area contributed by atoms with Crippen molar-refractivity contribution in [3.63, 3.8) is 0 Å². The summed E-state index contributed by atoms with van der Waals surface area (Å²) in [7, 11) is 2.06. The molecule has 1 aromatic rings. The van der Waals surface area contributed by atoms with E-state index in [1.54, 1.807) is 24.3 Å². The van der Waals surface area contributed by atoms with Gasteiger partial charge < -0.3 is 30.5 Å². The highest BCUT2D eigenvalue weighted by atomic mass is 35.5. The number of hydrogen-bond donors (Lipinski definition) is 4. The molecule has 2 aliphatic rings. The van der Waals surface area contributed by atoms with Gasteiger partial charge in [0.15, 0.2) is 0 Å². The Morgan fingerprint density at radius 2 is 2.04 bits per heavy atom. The second kappa shape index (κ2) is 9.18. The average Bonchev–Trinajstić information content (AvgIpc) is 2.96. The van der Waals surface area contributed by atoms with E-state index in [0.29, 0.717) is 10.7 Å². The van der Waals surface area contributed by atoms with Gasteiger partial charge >= 0.3 is 6.03 Å². The van der Waals surface area contributed by atoms with Crippen LogP contribution in [-0.2, 0) is 4.74 Å². The molecule has 1 aromatic carbocycles. The Balaban J connectivity index is 1.58. The lowest BCUT2D eigenvalue weighted by Gasteiger charge is -2.39. The lowest BCUT2D eigenvalue weighted by Crippen LogP contribution is -2.57. The fourth-order valence-electron chi connectivity index (χ4n) is 3.65. The molecular formula is C18H27ClN4O4. The van der Waals surface area contributed by atoms with Crippen molar-refractivity contribution < 1.29 is 19.7 Å². The number of piperazine rings is 1. The fraction of sp³-hybridized carbons (Fsp3) is 0.611. The second-order valence-electron chi connectivity index (χ2n) is 7.06. The minimum Gasteiger partial charge on any atom is -0.394 e. The number of rotatable bonds is 5. The number of hydrogen-bond acceptors (Lipinski definition) is 6. The summed E-state index contributed by atoms with van der Waals surface area (Å²) in [6, 6.07) is 6.25. The van der Waals surface area contributed by atoms with Gasteiger partial charge in [0, 0.05) is 43.4 Å². The SMILES string of the molecule is CN1CCN([C@H]2[C@H](O)[C@H](CO)O[C@@H]2CNC(=O)Nc2cccc(Cl)c2)CC1. The van der Waals surface area contributed by atoms with Gasteiger partial charge in [-0.25, -0.2) is 4.79 Å². The molecule has 2 amide bonds. The zero-order valence-corrected chi connectivity index (χ0v) is 16.1. The lowest BCUT2D eigenvalue weighted by molar-refractivity contribution is -0.0205. The maximum Gasteiger partial charge on any atom is 0.319 e. The largest absolute Gasteiger partial charge is 0.394 e. The van der Waals surface area contributed by atoms with Crippen LogP contribution >= 0.6 is 11.6 Å². The fourth-order valence-corrected chi connectivity index (χ4v) is 3.84. The zero-order valence-electron chi connectivity index (χ0n) is 15.3. The molecule has 4 N–H and O–H groups in total. The quantitative estimate of drug-likeness (QED) is 0.565. The maximum atomic E-state index is 12.2. The zero-order chi connectivity index (χ0) is 19.4. The molecule has 4 atom stereocenters. The van der Waals surface area contributed by atoms with Crippen molar-refractivity contribution in [1.29, 1.82) is 0 Å². The number of carbonyl (C=O) groups excluding carboxylic acids is 1. The predicted molar refractivity (Wildman–Crippen MR) is 103 cm³/mol. The predicted octanol–water partition coefficient (Wildman–Crippen LogP) is 0.198. The highest BCUT2D eigenvalue weighted by molar-refractivity contribution is 6.30. The molecule has 2 heterocycles. The molecular weight excluding hydrogens is 372 g/mol. The summed E-state index contributed by atoms with van der Waals surface area (Å²) < 4.78 is 5.82. The summed E-state index contributed by atoms with van der Waals surface area (Å²) >= 11 is 5.92. The van der Waals surface area contributed by atoms with Crippen molar-refractivity contribution in [2.75, 3.05) is 51.7 Å². The van der Waals surface area contributed by atoms with Crippen LogP contribution in [0.3, 0.4) is 0 Å². The maximum absolute atomic E-state index is 12.2. The average molecular weight is 399 g/mol. The molecule has 0 aromatic heterocycles. The van der Waals surface area contributed by atoms with Gasteiger partial charge in [-0.1, -0.05) is 17.7 Å². The lowest BCUT2D eigenvalue weighted by atomic mass is 10.0. The van der Waals surface area contributed by atoms with Gasteiger partial charge in [0.25, 0.3) is 0 Å². The van der Waals surface area contributed by atoms with Crippen LogP contribution in [0.4, 0.5) is 10.5 Å². The van der Waals surface area contributed by atoms with Crippen LogP contribution in [0.15, 0.2) is 24.3 Å². The van der Waals surface area contributed by atoms with Crippen molar-refractivity contribution in [1.82, 2.24) is 15.1 Å². The van der Waals surface area contributed by atoms with E-state index >= 15 is 0 Å². The Kier molecular flexibility index (Phi) is 6.91. The number of benzene rings is 1. The number of likely N-dealkylation sites (N-methyl/N-ethyl adjacent to an activating group) is 1. The number of aliphatic hydroxyl groups excluding tert-OH is 2. The molecule has 150 valence electrons. The standard InChI is InChI=1S/C18H27ClN4O4/c1-22-5-7-23(8-6-22)16-14(27-15(11-24)17(16)25)10-20-18(26)21-13-4-2-3-12(19)9-13/h2-4,9,14-17,24-25H,5-8,10-11H2,1H3,(H2,20,21,26)/t14-,15+,16-,17-/m1/s1. The topological polar surface area (TPSA) is 97.3 Å². The van der Waals surface area contributed by atoms with Crippen molar-refractivity contribution in [2.24, 2.45) is 0 Å². The molecule has 27 heavy (non-hydrogen) atoms. The van der Waals surface area contributed by atoms with Crippen molar-refractivity contribution in [3.05, 3.63) is 29.3 Å². The second-order valence-corrected chi connectivity index (χ2v) is 7.50. The summed E-state index contributed by atoms with van der Waals surface area (Å²) in [5.74, 6) is 0. The van der Waals surface area contributed by atoms with Crippen LogP contribution in [0.2, 0.25) is 5.02 Å². The molecule has 0 spiro atoms. The number of halogens is 1.